The van der Waals surface area contributed by atoms with Crippen molar-refractivity contribution in [2.45, 2.75) is 70.9 Å². The Morgan fingerprint density at radius 3 is 2.57 bits per heavy atom. The first kappa shape index (κ1) is 23.4. The third-order valence-corrected chi connectivity index (χ3v) is 7.19. The number of benzene rings is 1. The van der Waals surface area contributed by atoms with E-state index in [1.54, 1.807) is 15.6 Å². The smallest absolute Gasteiger partial charge is 0.278 e. The van der Waals surface area contributed by atoms with Crippen molar-refractivity contribution >= 4 is 28.6 Å². The van der Waals surface area contributed by atoms with Gasteiger partial charge in [0.15, 0.2) is 11.5 Å². The highest BCUT2D eigenvalue weighted by Gasteiger charge is 2.49. The van der Waals surface area contributed by atoms with E-state index >= 15 is 0 Å². The number of hydrogen-bond acceptors (Lipinski definition) is 6. The second-order valence-electron chi connectivity index (χ2n) is 11.4. The van der Waals surface area contributed by atoms with Gasteiger partial charge in [-0.25, -0.2) is 19.3 Å². The molecule has 0 atom stereocenters. The molecule has 190 valence electrons. The Kier molecular flexibility index (Phi) is 5.05. The molecule has 0 unspecified atom stereocenters. The maximum absolute atomic E-state index is 13.3. The van der Waals surface area contributed by atoms with E-state index in [1.165, 1.54) is 5.56 Å². The second kappa shape index (κ2) is 7.99. The van der Waals surface area contributed by atoms with Gasteiger partial charge in [0.25, 0.3) is 5.56 Å². The highest BCUT2D eigenvalue weighted by molar-refractivity contribution is 5.84. The fourth-order valence-corrected chi connectivity index (χ4v) is 5.19. The van der Waals surface area contributed by atoms with Crippen LogP contribution in [0.15, 0.2) is 47.4 Å². The summed E-state index contributed by atoms with van der Waals surface area (Å²) in [5.74, 6) is 1.06. The van der Waals surface area contributed by atoms with Crippen molar-refractivity contribution in [2.75, 3.05) is 5.32 Å². The molecule has 9 heteroatoms. The summed E-state index contributed by atoms with van der Waals surface area (Å²) in [6.07, 6.45) is 3.89. The van der Waals surface area contributed by atoms with Crippen LogP contribution in [0.3, 0.4) is 0 Å². The lowest BCUT2D eigenvalue weighted by Gasteiger charge is -2.27. The van der Waals surface area contributed by atoms with E-state index < -0.39 is 0 Å². The average molecular weight is 498 g/mol. The number of fused-ring (bicyclic) bond motifs is 3. The van der Waals surface area contributed by atoms with E-state index in [9.17, 15) is 9.59 Å². The summed E-state index contributed by atoms with van der Waals surface area (Å²) in [6.45, 7) is 10.3. The molecule has 1 aromatic carbocycles. The Morgan fingerprint density at radius 1 is 1.08 bits per heavy atom. The third-order valence-electron chi connectivity index (χ3n) is 7.19. The largest absolute Gasteiger partial charge is 0.346 e. The fraction of sp³-hybridized carbons (Fsp3) is 0.393. The van der Waals surface area contributed by atoms with E-state index in [2.05, 4.69) is 42.5 Å². The zero-order chi connectivity index (χ0) is 26.1. The molecule has 4 heterocycles. The number of anilines is 2. The van der Waals surface area contributed by atoms with Crippen molar-refractivity contribution in [2.24, 2.45) is 0 Å². The molecule has 1 amide bonds. The molecular weight excluding hydrogens is 466 g/mol. The first-order valence-corrected chi connectivity index (χ1v) is 12.8. The van der Waals surface area contributed by atoms with Gasteiger partial charge in [-0.15, -0.1) is 0 Å². The van der Waals surface area contributed by atoms with Crippen LogP contribution in [0.2, 0.25) is 0 Å². The molecule has 1 aliphatic carbocycles. The Morgan fingerprint density at radius 2 is 1.86 bits per heavy atom. The van der Waals surface area contributed by atoms with Crippen LogP contribution in [0.1, 0.15) is 70.3 Å². The summed E-state index contributed by atoms with van der Waals surface area (Å²) in [7, 11) is 0. The number of amides is 1. The van der Waals surface area contributed by atoms with Gasteiger partial charge in [-0.05, 0) is 62.1 Å². The van der Waals surface area contributed by atoms with Crippen molar-refractivity contribution in [3.05, 3.63) is 69.8 Å². The molecule has 2 aliphatic rings. The lowest BCUT2D eigenvalue weighted by Crippen LogP contribution is -2.41. The summed E-state index contributed by atoms with van der Waals surface area (Å²) in [6, 6.07) is 11.8. The minimum atomic E-state index is -0.178. The number of aromatic nitrogens is 5. The molecular formula is C28H31N7O2. The Hall–Kier alpha value is -4.01. The molecule has 0 bridgehead atoms. The fourth-order valence-electron chi connectivity index (χ4n) is 5.19. The van der Waals surface area contributed by atoms with Crippen LogP contribution in [-0.4, -0.2) is 30.2 Å². The van der Waals surface area contributed by atoms with E-state index in [1.807, 2.05) is 44.2 Å². The lowest BCUT2D eigenvalue weighted by molar-refractivity contribution is -0.122. The summed E-state index contributed by atoms with van der Waals surface area (Å²) < 4.78 is 3.46. The molecule has 1 spiro atoms. The topological polar surface area (TPSA) is 107 Å². The second-order valence-corrected chi connectivity index (χ2v) is 11.4. The quantitative estimate of drug-likeness (QED) is 0.436. The van der Waals surface area contributed by atoms with Crippen molar-refractivity contribution in [3.8, 4) is 5.82 Å². The maximum atomic E-state index is 13.3. The van der Waals surface area contributed by atoms with E-state index in [0.717, 1.165) is 29.8 Å². The van der Waals surface area contributed by atoms with Gasteiger partial charge in [-0.2, -0.15) is 4.98 Å². The van der Waals surface area contributed by atoms with Gasteiger partial charge in [-0.3, -0.25) is 9.59 Å². The molecule has 1 fully saturated rings. The van der Waals surface area contributed by atoms with Gasteiger partial charge in [-0.1, -0.05) is 32.9 Å². The van der Waals surface area contributed by atoms with E-state index in [0.29, 0.717) is 29.2 Å². The lowest BCUT2D eigenvalue weighted by atomic mass is 9.91. The molecule has 1 saturated carbocycles. The van der Waals surface area contributed by atoms with Gasteiger partial charge in [0, 0.05) is 29.0 Å². The highest BCUT2D eigenvalue weighted by atomic mass is 16.2. The zero-order valence-corrected chi connectivity index (χ0v) is 21.8. The van der Waals surface area contributed by atoms with Crippen LogP contribution >= 0.6 is 0 Å². The minimum absolute atomic E-state index is 0.0591. The summed E-state index contributed by atoms with van der Waals surface area (Å²) >= 11 is 0. The summed E-state index contributed by atoms with van der Waals surface area (Å²) in [4.78, 5) is 39.7. The minimum Gasteiger partial charge on any atom is -0.346 e. The van der Waals surface area contributed by atoms with Crippen molar-refractivity contribution in [3.63, 3.8) is 0 Å². The third kappa shape index (κ3) is 3.89. The first-order valence-electron chi connectivity index (χ1n) is 12.8. The summed E-state index contributed by atoms with van der Waals surface area (Å²) in [5, 5.41) is 6.85. The van der Waals surface area contributed by atoms with Gasteiger partial charge < -0.3 is 10.6 Å². The van der Waals surface area contributed by atoms with Crippen LogP contribution in [0.25, 0.3) is 16.9 Å². The number of pyridine rings is 1. The standard InChI is InChI=1S/C28H31N7O2/c1-16(2)34-25(37)19-15-29-26(32-24(19)35(34)22-8-6-7-21(31-22)27(3,4)5)30-18-9-10-20-17(13-18)14-23(36)33-28(20)11-12-28/h6-10,13,15-16H,11-12,14H2,1-5H3,(H,33,36)(H,29,30,32). The molecule has 0 radical (unpaired) electrons. The Labute approximate surface area is 214 Å². The van der Waals surface area contributed by atoms with Gasteiger partial charge in [0.2, 0.25) is 11.9 Å². The molecule has 1 aliphatic heterocycles. The molecule has 4 aromatic rings. The number of nitrogens with one attached hydrogen (secondary N) is 2. The molecule has 0 saturated heterocycles. The SMILES string of the molecule is CC(C)n1c(=O)c2cnc(Nc3ccc4c(c3)CC(=O)NC43CC3)nc2n1-c1cccc(C(C)(C)C)n1. The van der Waals surface area contributed by atoms with Gasteiger partial charge >= 0.3 is 0 Å². The maximum Gasteiger partial charge on any atom is 0.278 e. The normalized spacial score (nSPS) is 16.2. The molecule has 3 aromatic heterocycles. The van der Waals surface area contributed by atoms with Crippen molar-refractivity contribution < 1.29 is 4.79 Å². The first-order chi connectivity index (χ1) is 17.6. The van der Waals surface area contributed by atoms with Crippen molar-refractivity contribution in [1.29, 1.82) is 0 Å². The number of hydrogen-bond donors (Lipinski definition) is 2. The van der Waals surface area contributed by atoms with Crippen LogP contribution in [-0.2, 0) is 22.2 Å². The Bertz CT molecular complexity index is 1620. The molecule has 6 rings (SSSR count). The Balaban J connectivity index is 1.44. The average Bonchev–Trinajstić information content (AvgIpc) is 3.53. The van der Waals surface area contributed by atoms with Crippen LogP contribution in [0.5, 0.6) is 0 Å². The van der Waals surface area contributed by atoms with Crippen LogP contribution in [0, 0.1) is 0 Å². The number of nitrogens with zero attached hydrogens (tertiary/aromatic N) is 5. The van der Waals surface area contributed by atoms with Crippen LogP contribution in [0.4, 0.5) is 11.6 Å². The van der Waals surface area contributed by atoms with Gasteiger partial charge in [0.05, 0.1) is 12.0 Å². The van der Waals surface area contributed by atoms with Gasteiger partial charge in [0.1, 0.15) is 5.39 Å². The monoisotopic (exact) mass is 497 g/mol. The number of rotatable bonds is 4. The van der Waals surface area contributed by atoms with E-state index in [4.69, 9.17) is 9.97 Å². The predicted octanol–water partition coefficient (Wildman–Crippen LogP) is 4.26. The molecule has 9 nitrogen and oxygen atoms in total. The van der Waals surface area contributed by atoms with Crippen molar-refractivity contribution in [1.82, 2.24) is 29.6 Å². The zero-order valence-electron chi connectivity index (χ0n) is 21.8. The van der Waals surface area contributed by atoms with E-state index in [-0.39, 0.29) is 28.5 Å². The highest BCUT2D eigenvalue weighted by Crippen LogP contribution is 2.49. The number of carbonyl (C=O) groups excluding carboxylic acids is 1. The van der Waals surface area contributed by atoms with Crippen LogP contribution < -0.4 is 16.2 Å². The molecule has 37 heavy (non-hydrogen) atoms. The molecule has 2 N–H and O–H groups in total. The summed E-state index contributed by atoms with van der Waals surface area (Å²) in [5.41, 5.74) is 3.95. The predicted molar refractivity (Wildman–Crippen MR) is 142 cm³/mol. The number of carbonyl (C=O) groups is 1.